The average molecular weight is 156 g/mol. The largest absolute Gasteiger partial charge is 3.00 e. The molecule has 4 heteroatoms. The van der Waals surface area contributed by atoms with Crippen LogP contribution in [0.2, 0.25) is 0 Å². The Morgan fingerprint density at radius 1 is 1.50 bits per heavy atom. The normalized spacial score (nSPS) is 3.75. The summed E-state index contributed by atoms with van der Waals surface area (Å²) in [7, 11) is 0. The Labute approximate surface area is 60.8 Å². The van der Waals surface area contributed by atoms with E-state index in [0.29, 0.717) is 6.47 Å². The molecule has 0 aliphatic rings. The van der Waals surface area contributed by atoms with Crippen LogP contribution in [0.4, 0.5) is 0 Å². The van der Waals surface area contributed by atoms with Gasteiger partial charge in [-0.05, 0) is 0 Å². The van der Waals surface area contributed by atoms with Crippen molar-refractivity contribution in [3.8, 4) is 0 Å². The van der Waals surface area contributed by atoms with E-state index < -0.39 is 0 Å². The monoisotopic (exact) mass is 156 g/mol. The van der Waals surface area contributed by atoms with Gasteiger partial charge in [-0.15, -0.1) is 0 Å². The first-order valence-corrected chi connectivity index (χ1v) is 1.58. The smallest absolute Gasteiger partial charge is 0.693 e. The summed E-state index contributed by atoms with van der Waals surface area (Å²) in [6, 6.07) is 0. The van der Waals surface area contributed by atoms with E-state index in [9.17, 15) is 0 Å². The fraction of sp³-hybridized carbons (Fsp3) is 0.500. The van der Waals surface area contributed by atoms with Crippen LogP contribution in [0.5, 0.6) is 0 Å². The summed E-state index contributed by atoms with van der Waals surface area (Å²) < 4.78 is 0. The molecule has 1 radical (unpaired) electrons. The zero-order valence-electron chi connectivity index (χ0n) is 4.92. The van der Waals surface area contributed by atoms with Crippen LogP contribution < -0.4 is 0 Å². The summed E-state index contributed by atoms with van der Waals surface area (Å²) in [5.41, 5.74) is 0. The predicted molar refractivity (Wildman–Crippen MR) is 29.3 cm³/mol. The second kappa shape index (κ2) is 64.3. The molecule has 8 heavy (non-hydrogen) atoms. The van der Waals surface area contributed by atoms with Crippen molar-refractivity contribution in [3.05, 3.63) is 12.6 Å². The molecular weight excluding hydrogens is 146 g/mol. The minimum absolute atomic E-state index is 0. The van der Waals surface area contributed by atoms with E-state index in [1.807, 2.05) is 20.3 Å². The molecule has 0 saturated heterocycles. The van der Waals surface area contributed by atoms with Crippen molar-refractivity contribution in [2.24, 2.45) is 0 Å². The van der Waals surface area contributed by atoms with Crippen LogP contribution in [-0.4, -0.2) is 11.6 Å². The second-order valence-electron chi connectivity index (χ2n) is 0.669. The van der Waals surface area contributed by atoms with Crippen molar-refractivity contribution >= 4 is 6.47 Å². The van der Waals surface area contributed by atoms with Gasteiger partial charge in [0.2, 0.25) is 0 Å². The molecule has 0 aromatic carbocycles. The predicted octanol–water partition coefficient (Wildman–Crippen LogP) is 1.56. The van der Waals surface area contributed by atoms with Crippen molar-refractivity contribution in [2.45, 2.75) is 13.8 Å². The van der Waals surface area contributed by atoms with Crippen LogP contribution in [0.25, 0.3) is 6.15 Å². The van der Waals surface area contributed by atoms with Crippen molar-refractivity contribution in [1.82, 2.24) is 0 Å². The topological polar surface area (TPSA) is 70.8 Å². The Balaban J connectivity index is -0.0000000160. The van der Waals surface area contributed by atoms with Gasteiger partial charge in [-0.2, -0.15) is 13.8 Å². The Morgan fingerprint density at radius 2 is 1.50 bits per heavy atom. The minimum atomic E-state index is 0. The number of hydrogen-bond donors (Lipinski definition) is 1. The van der Waals surface area contributed by atoms with Crippen LogP contribution >= 0.6 is 0 Å². The van der Waals surface area contributed by atoms with Gasteiger partial charge in [0.05, 0.1) is 0 Å². The standard InChI is InChI=1S/C3H7.CHO2.Cr.H2N/c1-3-2;2-1-3;;/h3H,1-2H3;(H,2,3);;1H2/q2*-1;+3;-1. The van der Waals surface area contributed by atoms with E-state index in [4.69, 9.17) is 9.90 Å². The van der Waals surface area contributed by atoms with E-state index in [1.54, 1.807) is 0 Å². The van der Waals surface area contributed by atoms with Gasteiger partial charge in [-0.1, -0.05) is 6.47 Å². The maximum Gasteiger partial charge on any atom is 3.00 e. The third-order valence-corrected chi connectivity index (χ3v) is 0. The van der Waals surface area contributed by atoms with Gasteiger partial charge in [-0.3, -0.25) is 0 Å². The zero-order chi connectivity index (χ0) is 5.41. The average Bonchev–Trinajstić information content (AvgIpc) is 1.39. The van der Waals surface area contributed by atoms with Crippen molar-refractivity contribution < 1.29 is 27.3 Å². The number of aliphatic hydroxyl groups excluding tert-OH is 1. The van der Waals surface area contributed by atoms with E-state index in [1.165, 1.54) is 0 Å². The molecule has 0 amide bonds. The number of rotatable bonds is 0. The summed E-state index contributed by atoms with van der Waals surface area (Å²) in [5, 5.41) is 6.76. The molecule has 3 N–H and O–H groups in total. The van der Waals surface area contributed by atoms with Gasteiger partial charge in [0, 0.05) is 0 Å². The van der Waals surface area contributed by atoms with Gasteiger partial charge < -0.3 is 22.5 Å². The first-order chi connectivity index (χ1) is 2.83. The molecule has 3 nitrogen and oxygen atoms in total. The summed E-state index contributed by atoms with van der Waals surface area (Å²) in [6.07, 6.45) is 2.00. The van der Waals surface area contributed by atoms with Gasteiger partial charge >= 0.3 is 17.4 Å². The molecule has 0 atom stereocenters. The van der Waals surface area contributed by atoms with Crippen LogP contribution in [0.15, 0.2) is 0 Å². The van der Waals surface area contributed by atoms with Crippen LogP contribution in [0.1, 0.15) is 13.8 Å². The maximum atomic E-state index is 8.24. The fourth-order valence-corrected chi connectivity index (χ4v) is 0. The van der Waals surface area contributed by atoms with Crippen molar-refractivity contribution in [3.63, 3.8) is 0 Å². The molecule has 0 saturated carbocycles. The van der Waals surface area contributed by atoms with Crippen LogP contribution in [-0.2, 0) is 22.2 Å². The Hall–Kier alpha value is -0.0375. The van der Waals surface area contributed by atoms with Crippen LogP contribution in [0, 0.1) is 6.42 Å². The Kier molecular flexibility index (Phi) is 197. The third kappa shape index (κ3) is 104000. The summed E-state index contributed by atoms with van der Waals surface area (Å²) >= 11 is 0. The van der Waals surface area contributed by atoms with Crippen molar-refractivity contribution in [1.29, 1.82) is 0 Å². The molecule has 0 aromatic heterocycles. The number of hydrogen-bond acceptors (Lipinski definition) is 1. The third-order valence-electron chi connectivity index (χ3n) is 0. The molecule has 0 bridgehead atoms. The van der Waals surface area contributed by atoms with Gasteiger partial charge in [0.15, 0.2) is 0 Å². The summed E-state index contributed by atoms with van der Waals surface area (Å²) in [5.74, 6) is 0. The Morgan fingerprint density at radius 3 is 1.50 bits per heavy atom. The van der Waals surface area contributed by atoms with E-state index >= 15 is 0 Å². The Bertz CT molecular complexity index is 28.0. The molecule has 0 aliphatic heterocycles. The summed E-state index contributed by atoms with van der Waals surface area (Å²) in [6.45, 7) is 4.50. The maximum absolute atomic E-state index is 8.24. The molecule has 0 fully saturated rings. The van der Waals surface area contributed by atoms with Crippen LogP contribution in [0.3, 0.4) is 0 Å². The first kappa shape index (κ1) is 24.6. The first-order valence-electron chi connectivity index (χ1n) is 1.58. The SMILES string of the molecule is C[CH-]C.O=[C-]O.[Cr+3].[NH2-]. The number of nitrogens with two attached hydrogens (primary N) is 1. The molecule has 0 unspecified atom stereocenters. The quantitative estimate of drug-likeness (QED) is 0.540. The molecule has 0 rings (SSSR count). The van der Waals surface area contributed by atoms with Gasteiger partial charge in [-0.25, -0.2) is 0 Å². The fourth-order valence-electron chi connectivity index (χ4n) is 0. The molecular formula is C4H10CrNO2. The second-order valence-corrected chi connectivity index (χ2v) is 0.669. The molecule has 0 spiro atoms. The zero-order valence-corrected chi connectivity index (χ0v) is 6.19. The molecule has 0 aliphatic carbocycles. The van der Waals surface area contributed by atoms with E-state index in [2.05, 4.69) is 0 Å². The van der Waals surface area contributed by atoms with E-state index in [-0.39, 0.29) is 23.5 Å². The van der Waals surface area contributed by atoms with E-state index in [0.717, 1.165) is 0 Å². The minimum Gasteiger partial charge on any atom is -0.693 e. The molecule has 0 aromatic rings. The van der Waals surface area contributed by atoms with Gasteiger partial charge in [0.25, 0.3) is 0 Å². The molecule has 49 valence electrons. The summed E-state index contributed by atoms with van der Waals surface area (Å²) in [4.78, 5) is 8.24. The van der Waals surface area contributed by atoms with Gasteiger partial charge in [0.1, 0.15) is 0 Å². The molecule has 0 heterocycles. The van der Waals surface area contributed by atoms with Crippen molar-refractivity contribution in [2.75, 3.05) is 0 Å².